The maximum atomic E-state index is 12.9. The maximum Gasteiger partial charge on any atom is 0.339 e. The van der Waals surface area contributed by atoms with Crippen LogP contribution in [0, 0.1) is 5.92 Å². The van der Waals surface area contributed by atoms with Gasteiger partial charge in [0, 0.05) is 19.4 Å². The monoisotopic (exact) mass is 594 g/mol. The minimum atomic E-state index is -2.43. The average molecular weight is 595 g/mol. The number of benzene rings is 1. The lowest BCUT2D eigenvalue weighted by Crippen LogP contribution is -2.63. The van der Waals surface area contributed by atoms with Crippen molar-refractivity contribution in [3.8, 4) is 0 Å². The van der Waals surface area contributed by atoms with Crippen molar-refractivity contribution in [3.05, 3.63) is 53.8 Å². The summed E-state index contributed by atoms with van der Waals surface area (Å²) < 4.78 is 32.9. The van der Waals surface area contributed by atoms with E-state index in [1.165, 1.54) is 13.0 Å². The highest BCUT2D eigenvalue weighted by molar-refractivity contribution is 5.92. The van der Waals surface area contributed by atoms with Gasteiger partial charge in [0.25, 0.3) is 0 Å². The second kappa shape index (κ2) is 12.5. The molecule has 0 amide bonds. The summed E-state index contributed by atoms with van der Waals surface area (Å²) >= 11 is 0. The fourth-order valence-electron chi connectivity index (χ4n) is 5.68. The van der Waals surface area contributed by atoms with E-state index in [0.29, 0.717) is 5.56 Å². The van der Waals surface area contributed by atoms with E-state index < -0.39 is 90.3 Å². The number of carbonyl (C=O) groups excluding carboxylic acids is 3. The first-order valence-electron chi connectivity index (χ1n) is 13.1. The van der Waals surface area contributed by atoms with Crippen molar-refractivity contribution in [2.75, 3.05) is 13.7 Å². The summed E-state index contributed by atoms with van der Waals surface area (Å²) in [4.78, 5) is 37.9. The van der Waals surface area contributed by atoms with E-state index in [0.717, 1.165) is 26.4 Å². The van der Waals surface area contributed by atoms with Crippen LogP contribution >= 0.6 is 0 Å². The highest BCUT2D eigenvalue weighted by Gasteiger charge is 2.71. The zero-order chi connectivity index (χ0) is 30.8. The van der Waals surface area contributed by atoms with Crippen molar-refractivity contribution < 1.29 is 68.3 Å². The van der Waals surface area contributed by atoms with Gasteiger partial charge in [0.1, 0.15) is 53.6 Å². The summed E-state index contributed by atoms with van der Waals surface area (Å²) in [6.45, 7) is 1.78. The molecule has 14 nitrogen and oxygen atoms in total. The highest BCUT2D eigenvalue weighted by atomic mass is 16.8. The SMILES string of the molecule is COC(=O)C1=COC(OC2OC(CO)C(O)C(O)C2O)C2[C@]1(O)C(OC(=O)C=Cc1ccccc1)C[C@]2(C)OC(C)=O. The quantitative estimate of drug-likeness (QED) is 0.138. The Kier molecular flexibility index (Phi) is 9.37. The van der Waals surface area contributed by atoms with Gasteiger partial charge in [-0.05, 0) is 18.6 Å². The molecule has 42 heavy (non-hydrogen) atoms. The largest absolute Gasteiger partial charge is 0.471 e. The van der Waals surface area contributed by atoms with Gasteiger partial charge in [0.05, 0.1) is 19.6 Å². The fourth-order valence-corrected chi connectivity index (χ4v) is 5.68. The molecule has 5 N–H and O–H groups in total. The molecule has 1 aromatic carbocycles. The van der Waals surface area contributed by atoms with Crippen LogP contribution < -0.4 is 0 Å². The molecule has 10 atom stereocenters. The van der Waals surface area contributed by atoms with Crippen molar-refractivity contribution in [2.45, 2.75) is 74.6 Å². The van der Waals surface area contributed by atoms with E-state index in [1.54, 1.807) is 30.3 Å². The summed E-state index contributed by atoms with van der Waals surface area (Å²) in [5.41, 5.74) is -3.91. The molecule has 2 heterocycles. The van der Waals surface area contributed by atoms with Gasteiger partial charge < -0.3 is 54.0 Å². The predicted octanol–water partition coefficient (Wildman–Crippen LogP) is -1.09. The molecule has 14 heteroatoms. The number of aliphatic hydroxyl groups excluding tert-OH is 4. The molecular weight excluding hydrogens is 560 g/mol. The minimum Gasteiger partial charge on any atom is -0.471 e. The Morgan fingerprint density at radius 3 is 2.38 bits per heavy atom. The topological polar surface area (TPSA) is 208 Å². The molecule has 8 unspecified atom stereocenters. The first-order valence-corrected chi connectivity index (χ1v) is 13.1. The molecule has 0 bridgehead atoms. The van der Waals surface area contributed by atoms with Crippen LogP contribution in [0.2, 0.25) is 0 Å². The molecule has 1 aliphatic carbocycles. The van der Waals surface area contributed by atoms with Gasteiger partial charge in [-0.25, -0.2) is 9.59 Å². The van der Waals surface area contributed by atoms with Crippen LogP contribution in [0.3, 0.4) is 0 Å². The number of carbonyl (C=O) groups is 3. The van der Waals surface area contributed by atoms with Gasteiger partial charge in [0.2, 0.25) is 6.29 Å². The van der Waals surface area contributed by atoms with Gasteiger partial charge in [-0.2, -0.15) is 0 Å². The van der Waals surface area contributed by atoms with Crippen LogP contribution in [0.4, 0.5) is 0 Å². The molecule has 4 rings (SSSR count). The molecule has 2 fully saturated rings. The first-order chi connectivity index (χ1) is 19.8. The Hall–Kier alpha value is -3.37. The second-order valence-electron chi connectivity index (χ2n) is 10.4. The molecule has 1 saturated carbocycles. The number of ether oxygens (including phenoxy) is 6. The molecule has 0 spiro atoms. The van der Waals surface area contributed by atoms with Crippen LogP contribution in [0.15, 0.2) is 48.2 Å². The van der Waals surface area contributed by atoms with Crippen molar-refractivity contribution in [3.63, 3.8) is 0 Å². The summed E-state index contributed by atoms with van der Waals surface area (Å²) in [6.07, 6.45) is -8.42. The van der Waals surface area contributed by atoms with Crippen molar-refractivity contribution in [2.24, 2.45) is 5.92 Å². The van der Waals surface area contributed by atoms with Gasteiger partial charge in [0.15, 0.2) is 6.29 Å². The van der Waals surface area contributed by atoms with Gasteiger partial charge >= 0.3 is 17.9 Å². The summed E-state index contributed by atoms with van der Waals surface area (Å²) in [7, 11) is 1.06. The summed E-state index contributed by atoms with van der Waals surface area (Å²) in [6, 6.07) is 8.83. The van der Waals surface area contributed by atoms with Crippen LogP contribution in [0.5, 0.6) is 0 Å². The Labute approximate surface area is 240 Å². The van der Waals surface area contributed by atoms with Crippen molar-refractivity contribution in [1.29, 1.82) is 0 Å². The number of hydrogen-bond acceptors (Lipinski definition) is 14. The number of rotatable bonds is 8. The fraction of sp³-hybridized carbons (Fsp3) is 0.536. The van der Waals surface area contributed by atoms with Crippen molar-refractivity contribution >= 4 is 24.0 Å². The molecule has 1 aromatic rings. The maximum absolute atomic E-state index is 12.9. The van der Waals surface area contributed by atoms with E-state index in [2.05, 4.69) is 0 Å². The molecule has 1 saturated heterocycles. The minimum absolute atomic E-state index is 0.328. The Morgan fingerprint density at radius 2 is 1.76 bits per heavy atom. The molecule has 2 aliphatic heterocycles. The average Bonchev–Trinajstić information content (AvgIpc) is 3.17. The number of hydrogen-bond donors (Lipinski definition) is 5. The molecular formula is C28H34O14. The van der Waals surface area contributed by atoms with Crippen LogP contribution in [0.25, 0.3) is 6.08 Å². The Bertz CT molecular complexity index is 1210. The van der Waals surface area contributed by atoms with E-state index in [1.807, 2.05) is 0 Å². The van der Waals surface area contributed by atoms with Crippen LogP contribution in [0.1, 0.15) is 25.8 Å². The van der Waals surface area contributed by atoms with E-state index in [9.17, 15) is 39.9 Å². The smallest absolute Gasteiger partial charge is 0.339 e. The number of methoxy groups -OCH3 is 1. The van der Waals surface area contributed by atoms with E-state index in [-0.39, 0.29) is 6.42 Å². The lowest BCUT2D eigenvalue weighted by molar-refractivity contribution is -0.352. The van der Waals surface area contributed by atoms with Crippen molar-refractivity contribution in [1.82, 2.24) is 0 Å². The molecule has 230 valence electrons. The normalized spacial score (nSPS) is 37.8. The third-order valence-electron chi connectivity index (χ3n) is 7.61. The predicted molar refractivity (Wildman–Crippen MR) is 138 cm³/mol. The van der Waals surface area contributed by atoms with Gasteiger partial charge in [-0.1, -0.05) is 30.3 Å². The zero-order valence-corrected chi connectivity index (χ0v) is 23.1. The lowest BCUT2D eigenvalue weighted by Gasteiger charge is -2.47. The third-order valence-corrected chi connectivity index (χ3v) is 7.61. The molecule has 0 radical (unpaired) electrons. The standard InChI is InChI=1S/C28H34O14/c1-14(30)42-27(2)11-18(40-19(31)10-9-15-7-5-4-6-8-15)28(36)16(24(35)37-3)13-38-26(23(27)28)41-25-22(34)21(33)20(32)17(12-29)39-25/h4-10,13,17-18,20-23,25-26,29,32-34,36H,11-12H2,1-3H3/t17?,18?,20?,21?,22?,23?,25?,26?,27-,28+/m0/s1. The lowest BCUT2D eigenvalue weighted by atomic mass is 9.76. The second-order valence-corrected chi connectivity index (χ2v) is 10.4. The summed E-state index contributed by atoms with van der Waals surface area (Å²) in [5.74, 6) is -4.21. The number of esters is 3. The third kappa shape index (κ3) is 5.92. The van der Waals surface area contributed by atoms with Gasteiger partial charge in [-0.15, -0.1) is 0 Å². The summed E-state index contributed by atoms with van der Waals surface area (Å²) in [5, 5.41) is 52.6. The first kappa shape index (κ1) is 31.6. The van der Waals surface area contributed by atoms with Crippen LogP contribution in [-0.2, 0) is 42.8 Å². The van der Waals surface area contributed by atoms with E-state index in [4.69, 9.17) is 28.4 Å². The molecule has 3 aliphatic rings. The van der Waals surface area contributed by atoms with Gasteiger partial charge in [-0.3, -0.25) is 4.79 Å². The molecule has 0 aromatic heterocycles. The van der Waals surface area contributed by atoms with E-state index >= 15 is 0 Å². The highest BCUT2D eigenvalue weighted by Crippen LogP contribution is 2.55. The number of aliphatic hydroxyl groups is 5. The number of fused-ring (bicyclic) bond motifs is 1. The van der Waals surface area contributed by atoms with Crippen LogP contribution in [-0.4, -0.2) is 111 Å². The Morgan fingerprint density at radius 1 is 1.07 bits per heavy atom. The Balaban J connectivity index is 1.71. The zero-order valence-electron chi connectivity index (χ0n) is 23.1.